The first-order valence-corrected chi connectivity index (χ1v) is 6.56. The molecule has 0 aliphatic carbocycles. The van der Waals surface area contributed by atoms with Crippen molar-refractivity contribution in [3.63, 3.8) is 0 Å². The van der Waals surface area contributed by atoms with Crippen LogP contribution in [0.3, 0.4) is 0 Å². The van der Waals surface area contributed by atoms with Crippen molar-refractivity contribution in [1.29, 1.82) is 0 Å². The number of oxime groups is 1. The molecular weight excluding hydrogens is 258 g/mol. The average molecular weight is 277 g/mol. The molecule has 6 heteroatoms. The van der Waals surface area contributed by atoms with Crippen LogP contribution in [0.4, 0.5) is 0 Å². The topological polar surface area (TPSA) is 88.2 Å². The highest BCUT2D eigenvalue weighted by atomic mass is 16.5. The number of hydrogen-bond acceptors (Lipinski definition) is 4. The first-order chi connectivity index (χ1) is 9.67. The van der Waals surface area contributed by atoms with Crippen LogP contribution < -0.4 is 10.5 Å². The maximum atomic E-state index is 12.4. The van der Waals surface area contributed by atoms with E-state index < -0.39 is 0 Å². The molecule has 1 aliphatic rings. The van der Waals surface area contributed by atoms with Crippen LogP contribution in [0.25, 0.3) is 0 Å². The fraction of sp³-hybridized carbons (Fsp3) is 0.429. The van der Waals surface area contributed by atoms with Crippen LogP contribution in [0.1, 0.15) is 18.4 Å². The molecule has 0 bridgehead atoms. The lowest BCUT2D eigenvalue weighted by Crippen LogP contribution is -2.44. The van der Waals surface area contributed by atoms with Crippen LogP contribution in [-0.2, 0) is 11.2 Å². The van der Waals surface area contributed by atoms with Crippen molar-refractivity contribution in [3.05, 3.63) is 29.8 Å². The molecule has 20 heavy (non-hydrogen) atoms. The standard InChI is InChI=1S/C14H19N3O3/c1-20-12-7-3-2-5-10(12)9-13(18)17-8-4-6-11(17)14(15)16-19/h2-3,5,7,11,19H,4,6,8-9H2,1H3,(H2,15,16). The lowest BCUT2D eigenvalue weighted by Gasteiger charge is -2.24. The van der Waals surface area contributed by atoms with Crippen LogP contribution in [0.15, 0.2) is 29.4 Å². The van der Waals surface area contributed by atoms with E-state index in [-0.39, 0.29) is 24.2 Å². The number of nitrogens with two attached hydrogens (primary N) is 1. The summed E-state index contributed by atoms with van der Waals surface area (Å²) in [5.74, 6) is 0.750. The molecule has 1 fully saturated rings. The summed E-state index contributed by atoms with van der Waals surface area (Å²) in [5.41, 5.74) is 6.48. The summed E-state index contributed by atoms with van der Waals surface area (Å²) in [4.78, 5) is 14.1. The van der Waals surface area contributed by atoms with Crippen molar-refractivity contribution >= 4 is 11.7 Å². The third kappa shape index (κ3) is 2.84. The number of rotatable bonds is 4. The van der Waals surface area contributed by atoms with Gasteiger partial charge < -0.3 is 20.6 Å². The Morgan fingerprint density at radius 2 is 2.30 bits per heavy atom. The maximum absolute atomic E-state index is 12.4. The number of methoxy groups -OCH3 is 1. The van der Waals surface area contributed by atoms with Crippen LogP contribution >= 0.6 is 0 Å². The number of hydrogen-bond donors (Lipinski definition) is 2. The molecule has 0 radical (unpaired) electrons. The molecule has 1 saturated heterocycles. The molecular formula is C14H19N3O3. The largest absolute Gasteiger partial charge is 0.496 e. The predicted octanol–water partition coefficient (Wildman–Crippen LogP) is 0.975. The fourth-order valence-electron chi connectivity index (χ4n) is 2.55. The summed E-state index contributed by atoms with van der Waals surface area (Å²) >= 11 is 0. The molecule has 3 N–H and O–H groups in total. The summed E-state index contributed by atoms with van der Waals surface area (Å²) in [5, 5.41) is 11.8. The lowest BCUT2D eigenvalue weighted by atomic mass is 10.1. The number of carbonyl (C=O) groups excluding carboxylic acids is 1. The van der Waals surface area contributed by atoms with Gasteiger partial charge in [-0.3, -0.25) is 4.79 Å². The second-order valence-electron chi connectivity index (χ2n) is 4.76. The Kier molecular flexibility index (Phi) is 4.45. The van der Waals surface area contributed by atoms with Crippen molar-refractivity contribution in [2.75, 3.05) is 13.7 Å². The molecule has 1 aromatic rings. The summed E-state index contributed by atoms with van der Waals surface area (Å²) in [6.07, 6.45) is 1.84. The third-order valence-electron chi connectivity index (χ3n) is 3.56. The first-order valence-electron chi connectivity index (χ1n) is 6.56. The molecule has 0 aromatic heterocycles. The van der Waals surface area contributed by atoms with E-state index in [0.717, 1.165) is 18.4 Å². The van der Waals surface area contributed by atoms with E-state index in [9.17, 15) is 4.79 Å². The van der Waals surface area contributed by atoms with E-state index in [1.165, 1.54) is 0 Å². The van der Waals surface area contributed by atoms with E-state index in [4.69, 9.17) is 15.7 Å². The molecule has 1 amide bonds. The van der Waals surface area contributed by atoms with Crippen molar-refractivity contribution < 1.29 is 14.7 Å². The van der Waals surface area contributed by atoms with Crippen LogP contribution in [0.5, 0.6) is 5.75 Å². The number of amidine groups is 1. The highest BCUT2D eigenvalue weighted by Crippen LogP contribution is 2.22. The van der Waals surface area contributed by atoms with E-state index in [0.29, 0.717) is 12.3 Å². The number of ether oxygens (including phenoxy) is 1. The second-order valence-corrected chi connectivity index (χ2v) is 4.76. The van der Waals surface area contributed by atoms with Gasteiger partial charge in [-0.25, -0.2) is 0 Å². The molecule has 0 spiro atoms. The zero-order chi connectivity index (χ0) is 14.5. The summed E-state index contributed by atoms with van der Waals surface area (Å²) < 4.78 is 5.25. The molecule has 1 aliphatic heterocycles. The van der Waals surface area contributed by atoms with E-state index >= 15 is 0 Å². The summed E-state index contributed by atoms with van der Waals surface area (Å²) in [6, 6.07) is 7.12. The number of benzene rings is 1. The van der Waals surface area contributed by atoms with Crippen LogP contribution in [0, 0.1) is 0 Å². The number of nitrogens with zero attached hydrogens (tertiary/aromatic N) is 2. The quantitative estimate of drug-likeness (QED) is 0.371. The number of likely N-dealkylation sites (tertiary alicyclic amines) is 1. The molecule has 1 unspecified atom stereocenters. The average Bonchev–Trinajstić information content (AvgIpc) is 2.96. The van der Waals surface area contributed by atoms with Gasteiger partial charge in [0.1, 0.15) is 5.75 Å². The molecule has 1 aromatic carbocycles. The van der Waals surface area contributed by atoms with Crippen molar-refractivity contribution in [1.82, 2.24) is 4.90 Å². The van der Waals surface area contributed by atoms with Gasteiger partial charge in [0, 0.05) is 12.1 Å². The minimum absolute atomic E-state index is 0.0383. The molecule has 1 atom stereocenters. The van der Waals surface area contributed by atoms with Gasteiger partial charge in [0.15, 0.2) is 5.84 Å². The van der Waals surface area contributed by atoms with Gasteiger partial charge in [-0.1, -0.05) is 23.4 Å². The van der Waals surface area contributed by atoms with Crippen LogP contribution in [-0.4, -0.2) is 41.5 Å². The predicted molar refractivity (Wildman–Crippen MR) is 74.8 cm³/mol. The smallest absolute Gasteiger partial charge is 0.227 e. The van der Waals surface area contributed by atoms with E-state index in [1.54, 1.807) is 12.0 Å². The van der Waals surface area contributed by atoms with Gasteiger partial charge >= 0.3 is 0 Å². The zero-order valence-electron chi connectivity index (χ0n) is 11.5. The van der Waals surface area contributed by atoms with Gasteiger partial charge in [0.05, 0.1) is 19.6 Å². The number of carbonyl (C=O) groups is 1. The molecule has 108 valence electrons. The monoisotopic (exact) mass is 277 g/mol. The molecule has 1 heterocycles. The van der Waals surface area contributed by atoms with Crippen molar-refractivity contribution in [2.45, 2.75) is 25.3 Å². The minimum Gasteiger partial charge on any atom is -0.496 e. The Morgan fingerprint density at radius 1 is 1.55 bits per heavy atom. The highest BCUT2D eigenvalue weighted by Gasteiger charge is 2.31. The molecule has 0 saturated carbocycles. The Labute approximate surface area is 117 Å². The van der Waals surface area contributed by atoms with Crippen molar-refractivity contribution in [2.24, 2.45) is 10.9 Å². The maximum Gasteiger partial charge on any atom is 0.227 e. The Balaban J connectivity index is 2.12. The number of amides is 1. The number of para-hydroxylation sites is 1. The van der Waals surface area contributed by atoms with Gasteiger partial charge in [0.25, 0.3) is 0 Å². The minimum atomic E-state index is -0.304. The third-order valence-corrected chi connectivity index (χ3v) is 3.56. The fourth-order valence-corrected chi connectivity index (χ4v) is 2.55. The van der Waals surface area contributed by atoms with Gasteiger partial charge in [-0.15, -0.1) is 0 Å². The Morgan fingerprint density at radius 3 is 3.00 bits per heavy atom. The van der Waals surface area contributed by atoms with Gasteiger partial charge in [-0.05, 0) is 18.9 Å². The molecule has 2 rings (SSSR count). The second kappa shape index (κ2) is 6.27. The summed E-state index contributed by atoms with van der Waals surface area (Å²) in [7, 11) is 1.58. The Hall–Kier alpha value is -2.24. The van der Waals surface area contributed by atoms with Crippen molar-refractivity contribution in [3.8, 4) is 5.75 Å². The summed E-state index contributed by atoms with van der Waals surface area (Å²) in [6.45, 7) is 0.634. The first kappa shape index (κ1) is 14.2. The SMILES string of the molecule is COc1ccccc1CC(=O)N1CCCC1C(N)=NO. The normalized spacial score (nSPS) is 19.1. The zero-order valence-corrected chi connectivity index (χ0v) is 11.5. The van der Waals surface area contributed by atoms with E-state index in [1.807, 2.05) is 24.3 Å². The van der Waals surface area contributed by atoms with Gasteiger partial charge in [0.2, 0.25) is 5.91 Å². The van der Waals surface area contributed by atoms with Crippen LogP contribution in [0.2, 0.25) is 0 Å². The highest BCUT2D eigenvalue weighted by molar-refractivity contribution is 5.91. The molecule has 6 nitrogen and oxygen atoms in total. The Bertz CT molecular complexity index is 516. The van der Waals surface area contributed by atoms with Gasteiger partial charge in [-0.2, -0.15) is 0 Å². The van der Waals surface area contributed by atoms with E-state index in [2.05, 4.69) is 5.16 Å². The lowest BCUT2D eigenvalue weighted by molar-refractivity contribution is -0.130.